The van der Waals surface area contributed by atoms with Crippen LogP contribution in [0.25, 0.3) is 0 Å². The zero-order chi connectivity index (χ0) is 50.6. The molecule has 0 aromatic heterocycles. The molecule has 0 saturated heterocycles. The molecule has 0 heterocycles. The fourth-order valence-electron chi connectivity index (χ4n) is 12.0. The summed E-state index contributed by atoms with van der Waals surface area (Å²) in [6, 6.07) is 0. The molecule has 0 aromatic rings. The number of rotatable bonds is 57. The highest BCUT2D eigenvalue weighted by molar-refractivity contribution is 6.58. The van der Waals surface area contributed by atoms with E-state index in [2.05, 4.69) is 62.3 Å². The first-order chi connectivity index (χ1) is 33.5. The van der Waals surface area contributed by atoms with E-state index in [9.17, 15) is 0 Å². The molecule has 0 aromatic carbocycles. The molecule has 0 radical (unpaired) electrons. The van der Waals surface area contributed by atoms with Crippen molar-refractivity contribution >= 4 is 14.1 Å². The van der Waals surface area contributed by atoms with E-state index in [1.54, 1.807) is 28.7 Å². The first-order valence-electron chi connectivity index (χ1n) is 33.5. The van der Waals surface area contributed by atoms with Crippen LogP contribution in [0.2, 0.25) is 15.8 Å². The van der Waals surface area contributed by atoms with E-state index in [1.807, 2.05) is 0 Å². The Bertz CT molecular complexity index is 864. The summed E-state index contributed by atoms with van der Waals surface area (Å²) in [6.45, 7) is 21.6. The molecule has 69 heavy (non-hydrogen) atoms. The van der Waals surface area contributed by atoms with Crippen LogP contribution >= 0.6 is 0 Å². The second-order valence-corrected chi connectivity index (χ2v) is 30.5. The van der Waals surface area contributed by atoms with E-state index in [0.29, 0.717) is 10.8 Å². The van der Waals surface area contributed by atoms with Crippen molar-refractivity contribution in [1.82, 2.24) is 0 Å². The Balaban J connectivity index is 4.16. The summed E-state index contributed by atoms with van der Waals surface area (Å²) in [5, 5.41) is 4.84. The monoisotopic (exact) mass is 983 g/mol. The van der Waals surface area contributed by atoms with Crippen LogP contribution in [0.1, 0.15) is 396 Å². The van der Waals surface area contributed by atoms with Crippen LogP contribution in [0, 0.1) is 22.7 Å². The van der Waals surface area contributed by atoms with Crippen molar-refractivity contribution in [2.75, 3.05) is 0 Å². The third kappa shape index (κ3) is 57.7. The van der Waals surface area contributed by atoms with E-state index in [1.165, 1.54) is 321 Å². The van der Waals surface area contributed by atoms with Gasteiger partial charge in [-0.25, -0.2) is 0 Å². The van der Waals surface area contributed by atoms with Gasteiger partial charge in [-0.1, -0.05) is 399 Å². The quantitative estimate of drug-likeness (QED) is 0.0421. The second-order valence-electron chi connectivity index (χ2n) is 26.8. The fourth-order valence-corrected chi connectivity index (χ4v) is 14.8. The minimum Gasteiger partial charge on any atom is -0.0967 e. The summed E-state index contributed by atoms with van der Waals surface area (Å²) in [6.07, 6.45) is 77.4. The van der Waals surface area contributed by atoms with Crippen LogP contribution in [0.5, 0.6) is 0 Å². The first-order valence-corrected chi connectivity index (χ1v) is 36.0. The molecule has 1 heteroatoms. The Kier molecular flexibility index (Phi) is 53.8. The van der Waals surface area contributed by atoms with Crippen molar-refractivity contribution in [3.05, 3.63) is 0 Å². The summed E-state index contributed by atoms with van der Waals surface area (Å²) in [7, 11) is 0. The predicted octanol–water partition coefficient (Wildman–Crippen LogP) is 26.2. The molecule has 0 saturated carbocycles. The molecule has 0 amide bonds. The largest absolute Gasteiger partial charge is 0.261 e. The molecule has 0 N–H and O–H groups in total. The minimum atomic E-state index is -0.475. The molecular formula is C68H139Al. The van der Waals surface area contributed by atoms with Gasteiger partial charge in [-0.15, -0.1) is 0 Å². The lowest BCUT2D eigenvalue weighted by atomic mass is 9.88. The van der Waals surface area contributed by atoms with Crippen LogP contribution in [0.3, 0.4) is 0 Å². The maximum Gasteiger partial charge on any atom is 0.261 e. The average molecular weight is 984 g/mol. The van der Waals surface area contributed by atoms with Gasteiger partial charge in [0.1, 0.15) is 0 Å². The Morgan fingerprint density at radius 1 is 0.232 bits per heavy atom. The molecule has 0 aliphatic rings. The highest BCUT2D eigenvalue weighted by atomic mass is 27.2. The van der Waals surface area contributed by atoms with Gasteiger partial charge in [0.25, 0.3) is 14.1 Å². The summed E-state index contributed by atoms with van der Waals surface area (Å²) in [5.41, 5.74) is 1.04. The highest BCUT2D eigenvalue weighted by Crippen LogP contribution is 2.29. The third-order valence-corrected chi connectivity index (χ3v) is 20.6. The summed E-state index contributed by atoms with van der Waals surface area (Å²) in [4.78, 5) is 0. The molecule has 0 nitrogen and oxygen atoms in total. The molecule has 414 valence electrons. The molecule has 0 aliphatic carbocycles. The van der Waals surface area contributed by atoms with Crippen LogP contribution < -0.4 is 0 Å². The lowest BCUT2D eigenvalue weighted by molar-refractivity contribution is 0.353. The van der Waals surface area contributed by atoms with Gasteiger partial charge in [0.05, 0.1) is 0 Å². The Morgan fingerprint density at radius 2 is 0.420 bits per heavy atom. The summed E-state index contributed by atoms with van der Waals surface area (Å²) in [5.74, 6) is 2.05. The molecule has 0 bridgehead atoms. The maximum atomic E-state index is 2.53. The highest BCUT2D eigenvalue weighted by Gasteiger charge is 2.15. The van der Waals surface area contributed by atoms with E-state index >= 15 is 0 Å². The van der Waals surface area contributed by atoms with Crippen LogP contribution in [0.15, 0.2) is 0 Å². The lowest BCUT2D eigenvalue weighted by Crippen LogP contribution is -2.10. The summed E-state index contributed by atoms with van der Waals surface area (Å²) < 4.78 is 0. The fraction of sp³-hybridized carbons (Fsp3) is 1.00. The van der Waals surface area contributed by atoms with Crippen molar-refractivity contribution in [3.63, 3.8) is 0 Å². The zero-order valence-corrected chi connectivity index (χ0v) is 51.8. The Hall–Kier alpha value is 0.532. The second kappa shape index (κ2) is 53.4. The van der Waals surface area contributed by atoms with Gasteiger partial charge in [-0.3, -0.25) is 0 Å². The molecule has 2 atom stereocenters. The van der Waals surface area contributed by atoms with Crippen molar-refractivity contribution in [2.45, 2.75) is 412 Å². The third-order valence-electron chi connectivity index (χ3n) is 17.0. The standard InChI is InChI=1S/2C33H67.C2H5.Al/c2*1-6-8-10-12-14-17-21-25-29-32(28-24-20-16-13-11-9-7-2)30-26-22-18-15-19-23-27-31-33(3,4)5;1-2;/h2*32H,2,6-31H2,1,3-5H3;1H2,2H3;. The van der Waals surface area contributed by atoms with E-state index in [0.717, 1.165) is 11.8 Å². The molecular weight excluding hydrogens is 844 g/mol. The number of unbranched alkanes of at least 4 members (excludes halogenated alkanes) is 38. The normalized spacial score (nSPS) is 13.2. The van der Waals surface area contributed by atoms with Gasteiger partial charge in [0.2, 0.25) is 0 Å². The Labute approximate surface area is 446 Å². The number of hydrogen-bond donors (Lipinski definition) is 0. The molecule has 0 fully saturated rings. The van der Waals surface area contributed by atoms with Crippen LogP contribution in [0.4, 0.5) is 0 Å². The van der Waals surface area contributed by atoms with Crippen molar-refractivity contribution < 1.29 is 0 Å². The lowest BCUT2D eigenvalue weighted by Gasteiger charge is -2.18. The van der Waals surface area contributed by atoms with E-state index in [-0.39, 0.29) is 0 Å². The van der Waals surface area contributed by atoms with Gasteiger partial charge in [0.15, 0.2) is 0 Å². The minimum absolute atomic E-state index is 0.475. The maximum absolute atomic E-state index is 2.53. The molecule has 0 rings (SSSR count). The number of hydrogen-bond acceptors (Lipinski definition) is 0. The zero-order valence-electron chi connectivity index (χ0n) is 50.6. The average Bonchev–Trinajstić information content (AvgIpc) is 3.31. The van der Waals surface area contributed by atoms with Crippen LogP contribution in [-0.2, 0) is 0 Å². The van der Waals surface area contributed by atoms with Gasteiger partial charge < -0.3 is 0 Å². The predicted molar refractivity (Wildman–Crippen MR) is 323 cm³/mol. The smallest absolute Gasteiger partial charge is 0.0967 e. The summed E-state index contributed by atoms with van der Waals surface area (Å²) >= 11 is -0.475. The Morgan fingerprint density at radius 3 is 0.623 bits per heavy atom. The first kappa shape index (κ1) is 69.5. The van der Waals surface area contributed by atoms with Crippen molar-refractivity contribution in [3.8, 4) is 0 Å². The van der Waals surface area contributed by atoms with Gasteiger partial charge in [-0.05, 0) is 35.5 Å². The molecule has 2 unspecified atom stereocenters. The van der Waals surface area contributed by atoms with Crippen LogP contribution in [-0.4, -0.2) is 14.1 Å². The van der Waals surface area contributed by atoms with Gasteiger partial charge in [0, 0.05) is 0 Å². The van der Waals surface area contributed by atoms with Gasteiger partial charge >= 0.3 is 0 Å². The van der Waals surface area contributed by atoms with Crippen molar-refractivity contribution in [1.29, 1.82) is 0 Å². The van der Waals surface area contributed by atoms with Gasteiger partial charge in [-0.2, -0.15) is 0 Å². The molecule has 0 aliphatic heterocycles. The van der Waals surface area contributed by atoms with E-state index in [4.69, 9.17) is 0 Å². The van der Waals surface area contributed by atoms with E-state index < -0.39 is 14.1 Å². The SMILES string of the molecule is CCCCCCCCCCC(CCCCCCCC[CH2][Al]([CH2]C)[CH2]CCCCCCCCC(CCCCCCCCCC)CCCCCCCCCC(C)(C)C)CCCCCCCCCC(C)(C)C. The van der Waals surface area contributed by atoms with Crippen molar-refractivity contribution in [2.24, 2.45) is 22.7 Å². The molecule has 0 spiro atoms. The topological polar surface area (TPSA) is 0 Å².